The fraction of sp³-hybridized carbons (Fsp3) is 0.615. The first kappa shape index (κ1) is 14.9. The molecule has 0 saturated carbocycles. The molecule has 1 amide bonds. The molecule has 0 aromatic rings. The van der Waals surface area contributed by atoms with Gasteiger partial charge in [-0.25, -0.2) is 5.06 Å². The minimum absolute atomic E-state index is 0.128. The quantitative estimate of drug-likeness (QED) is 0.395. The van der Waals surface area contributed by atoms with Gasteiger partial charge in [-0.3, -0.25) is 9.63 Å². The van der Waals surface area contributed by atoms with Gasteiger partial charge in [-0.2, -0.15) is 0 Å². The van der Waals surface area contributed by atoms with Crippen LogP contribution in [0.1, 0.15) is 33.6 Å². The standard InChI is InChI=1S/C13H23NO2/c1-11(2)7-6-8-12(3)9-10-13(15)14(4)16-5/h7,9-10,12H,6,8H2,1-5H3. The molecule has 92 valence electrons. The average molecular weight is 225 g/mol. The van der Waals surface area contributed by atoms with Gasteiger partial charge < -0.3 is 0 Å². The van der Waals surface area contributed by atoms with Gasteiger partial charge >= 0.3 is 0 Å². The Hall–Kier alpha value is -1.09. The third-order valence-corrected chi connectivity index (χ3v) is 2.33. The van der Waals surface area contributed by atoms with Crippen molar-refractivity contribution in [1.82, 2.24) is 5.06 Å². The maximum Gasteiger partial charge on any atom is 0.269 e. The van der Waals surface area contributed by atoms with E-state index in [0.717, 1.165) is 12.8 Å². The highest BCUT2D eigenvalue weighted by Crippen LogP contribution is 2.09. The van der Waals surface area contributed by atoms with Crippen molar-refractivity contribution in [3.63, 3.8) is 0 Å². The van der Waals surface area contributed by atoms with Gasteiger partial charge in [0.25, 0.3) is 5.91 Å². The number of amides is 1. The van der Waals surface area contributed by atoms with E-state index in [-0.39, 0.29) is 5.91 Å². The van der Waals surface area contributed by atoms with E-state index < -0.39 is 0 Å². The van der Waals surface area contributed by atoms with Crippen LogP contribution in [0.25, 0.3) is 0 Å². The van der Waals surface area contributed by atoms with E-state index in [9.17, 15) is 4.79 Å². The zero-order valence-corrected chi connectivity index (χ0v) is 11.0. The molecule has 1 unspecified atom stereocenters. The molecule has 0 aromatic carbocycles. The molecule has 0 fully saturated rings. The summed E-state index contributed by atoms with van der Waals surface area (Å²) in [4.78, 5) is 16.1. The summed E-state index contributed by atoms with van der Waals surface area (Å²) < 4.78 is 0. The summed E-state index contributed by atoms with van der Waals surface area (Å²) in [7, 11) is 3.07. The first-order chi connectivity index (χ1) is 7.47. The fourth-order valence-corrected chi connectivity index (χ4v) is 1.17. The molecular formula is C13H23NO2. The molecule has 16 heavy (non-hydrogen) atoms. The predicted molar refractivity (Wildman–Crippen MR) is 66.7 cm³/mol. The summed E-state index contributed by atoms with van der Waals surface area (Å²) >= 11 is 0. The molecule has 0 heterocycles. The predicted octanol–water partition coefficient (Wildman–Crippen LogP) is 2.94. The molecular weight excluding hydrogens is 202 g/mol. The van der Waals surface area contributed by atoms with E-state index in [1.807, 2.05) is 6.08 Å². The van der Waals surface area contributed by atoms with Gasteiger partial charge in [0.15, 0.2) is 0 Å². The Balaban J connectivity index is 3.95. The van der Waals surface area contributed by atoms with Crippen molar-refractivity contribution in [2.45, 2.75) is 33.6 Å². The molecule has 0 aliphatic carbocycles. The van der Waals surface area contributed by atoms with Gasteiger partial charge in [-0.1, -0.05) is 24.6 Å². The largest absolute Gasteiger partial charge is 0.274 e. The molecule has 0 saturated heterocycles. The van der Waals surface area contributed by atoms with E-state index >= 15 is 0 Å². The molecule has 0 aromatic heterocycles. The van der Waals surface area contributed by atoms with Gasteiger partial charge in [0, 0.05) is 13.1 Å². The second-order valence-electron chi connectivity index (χ2n) is 4.21. The lowest BCUT2D eigenvalue weighted by atomic mass is 10.0. The molecule has 0 spiro atoms. The second-order valence-corrected chi connectivity index (χ2v) is 4.21. The Morgan fingerprint density at radius 1 is 1.44 bits per heavy atom. The smallest absolute Gasteiger partial charge is 0.269 e. The highest BCUT2D eigenvalue weighted by atomic mass is 16.7. The molecule has 0 rings (SSSR count). The number of likely N-dealkylation sites (N-methyl/N-ethyl adjacent to an activating group) is 1. The first-order valence-corrected chi connectivity index (χ1v) is 5.60. The molecule has 3 heteroatoms. The third-order valence-electron chi connectivity index (χ3n) is 2.33. The number of carbonyl (C=O) groups is 1. The van der Waals surface area contributed by atoms with Crippen molar-refractivity contribution in [3.05, 3.63) is 23.8 Å². The maximum atomic E-state index is 11.4. The van der Waals surface area contributed by atoms with Gasteiger partial charge in [-0.05, 0) is 32.6 Å². The van der Waals surface area contributed by atoms with Gasteiger partial charge in [-0.15, -0.1) is 0 Å². The number of hydroxylamine groups is 2. The van der Waals surface area contributed by atoms with E-state index in [1.165, 1.54) is 17.7 Å². The summed E-state index contributed by atoms with van der Waals surface area (Å²) in [6, 6.07) is 0. The molecule has 0 radical (unpaired) electrons. The summed E-state index contributed by atoms with van der Waals surface area (Å²) in [6.07, 6.45) is 7.83. The van der Waals surface area contributed by atoms with Crippen LogP contribution >= 0.6 is 0 Å². The summed E-state index contributed by atoms with van der Waals surface area (Å²) in [6.45, 7) is 6.30. The number of rotatable bonds is 6. The fourth-order valence-electron chi connectivity index (χ4n) is 1.17. The Labute approximate surface area is 98.7 Å². The molecule has 0 aliphatic heterocycles. The Morgan fingerprint density at radius 2 is 2.06 bits per heavy atom. The molecule has 1 atom stereocenters. The molecule has 0 bridgehead atoms. The van der Waals surface area contributed by atoms with Gasteiger partial charge in [0.2, 0.25) is 0 Å². The number of nitrogens with zero attached hydrogens (tertiary/aromatic N) is 1. The van der Waals surface area contributed by atoms with E-state index in [0.29, 0.717) is 5.92 Å². The van der Waals surface area contributed by atoms with Crippen molar-refractivity contribution in [2.75, 3.05) is 14.2 Å². The Bertz CT molecular complexity index is 265. The van der Waals surface area contributed by atoms with E-state index in [1.54, 1.807) is 13.1 Å². The average Bonchev–Trinajstić information content (AvgIpc) is 2.24. The molecule has 0 N–H and O–H groups in total. The van der Waals surface area contributed by atoms with Gasteiger partial charge in [0.05, 0.1) is 7.11 Å². The van der Waals surface area contributed by atoms with Gasteiger partial charge in [0.1, 0.15) is 0 Å². The second kappa shape index (κ2) is 8.11. The summed E-state index contributed by atoms with van der Waals surface area (Å²) in [5.74, 6) is 0.279. The Kier molecular flexibility index (Phi) is 7.56. The Morgan fingerprint density at radius 3 is 2.56 bits per heavy atom. The van der Waals surface area contributed by atoms with E-state index in [2.05, 4.69) is 26.8 Å². The number of hydrogen-bond acceptors (Lipinski definition) is 2. The SMILES string of the molecule is CON(C)C(=O)C=CC(C)CCC=C(C)C. The van der Waals surface area contributed by atoms with Crippen LogP contribution in [0.2, 0.25) is 0 Å². The van der Waals surface area contributed by atoms with Crippen LogP contribution in [-0.2, 0) is 9.63 Å². The highest BCUT2D eigenvalue weighted by molar-refractivity contribution is 5.86. The normalized spacial score (nSPS) is 12.6. The van der Waals surface area contributed by atoms with Crippen molar-refractivity contribution in [1.29, 1.82) is 0 Å². The van der Waals surface area contributed by atoms with Crippen molar-refractivity contribution in [2.24, 2.45) is 5.92 Å². The minimum atomic E-state index is -0.128. The zero-order valence-electron chi connectivity index (χ0n) is 11.0. The lowest BCUT2D eigenvalue weighted by Crippen LogP contribution is -2.23. The monoisotopic (exact) mass is 225 g/mol. The van der Waals surface area contributed by atoms with Crippen LogP contribution in [0, 0.1) is 5.92 Å². The highest BCUT2D eigenvalue weighted by Gasteiger charge is 2.03. The van der Waals surface area contributed by atoms with Crippen LogP contribution in [-0.4, -0.2) is 25.1 Å². The summed E-state index contributed by atoms with van der Waals surface area (Å²) in [5.41, 5.74) is 1.34. The van der Waals surface area contributed by atoms with Crippen LogP contribution in [0.15, 0.2) is 23.8 Å². The van der Waals surface area contributed by atoms with Crippen molar-refractivity contribution >= 4 is 5.91 Å². The van der Waals surface area contributed by atoms with Crippen LogP contribution in [0.3, 0.4) is 0 Å². The third kappa shape index (κ3) is 7.23. The first-order valence-electron chi connectivity index (χ1n) is 5.60. The minimum Gasteiger partial charge on any atom is -0.274 e. The number of allylic oxidation sites excluding steroid dienone is 3. The lowest BCUT2D eigenvalue weighted by molar-refractivity contribution is -0.162. The topological polar surface area (TPSA) is 29.5 Å². The van der Waals surface area contributed by atoms with Crippen LogP contribution in [0.5, 0.6) is 0 Å². The van der Waals surface area contributed by atoms with Crippen molar-refractivity contribution in [3.8, 4) is 0 Å². The maximum absolute atomic E-state index is 11.4. The summed E-state index contributed by atoms with van der Waals surface area (Å²) in [5, 5.41) is 1.21. The van der Waals surface area contributed by atoms with Crippen LogP contribution < -0.4 is 0 Å². The van der Waals surface area contributed by atoms with E-state index in [4.69, 9.17) is 4.84 Å². The number of carbonyl (C=O) groups excluding carboxylic acids is 1. The molecule has 0 aliphatic rings. The van der Waals surface area contributed by atoms with Crippen LogP contribution in [0.4, 0.5) is 0 Å². The zero-order chi connectivity index (χ0) is 12.6. The van der Waals surface area contributed by atoms with Crippen molar-refractivity contribution < 1.29 is 9.63 Å². The number of hydrogen-bond donors (Lipinski definition) is 0. The molecule has 3 nitrogen and oxygen atoms in total. The lowest BCUT2D eigenvalue weighted by Gasteiger charge is -2.11.